The molecule has 5 rings (SSSR count). The molecule has 1 aliphatic rings. The first-order chi connectivity index (χ1) is 16.1. The molecule has 0 spiro atoms. The van der Waals surface area contributed by atoms with Crippen molar-refractivity contribution in [3.8, 4) is 28.9 Å². The second kappa shape index (κ2) is 8.50. The maximum atomic E-state index is 6.34. The standard InChI is InChI=1S/C24H24N4O5/c1-14-22(16-5-6-21(31-4)25-10-16)33-23-19(30-3)7-15(8-20(23)32-14)12-28-13-27-18-9-17(29-2)11-26-24(18)28/h5-11,13-14,22H,12H2,1-4H3. The minimum Gasteiger partial charge on any atom is -0.495 e. The lowest BCUT2D eigenvalue weighted by molar-refractivity contribution is 0.0277. The molecule has 2 atom stereocenters. The maximum Gasteiger partial charge on any atom is 0.212 e. The van der Waals surface area contributed by atoms with Gasteiger partial charge in [0.1, 0.15) is 17.4 Å². The Bertz CT molecular complexity index is 1290. The third-order valence-electron chi connectivity index (χ3n) is 5.60. The summed E-state index contributed by atoms with van der Waals surface area (Å²) in [6.45, 7) is 2.51. The Balaban J connectivity index is 1.44. The van der Waals surface area contributed by atoms with Crippen molar-refractivity contribution >= 4 is 11.2 Å². The SMILES string of the molecule is COc1cnc2c(c1)ncn2Cc1cc(OC)c2c(c1)OC(C)C(c1ccc(OC)nc1)O2. The van der Waals surface area contributed by atoms with E-state index in [-0.39, 0.29) is 12.2 Å². The van der Waals surface area contributed by atoms with E-state index in [0.717, 1.165) is 22.3 Å². The molecule has 0 radical (unpaired) electrons. The average molecular weight is 448 g/mol. The van der Waals surface area contributed by atoms with Gasteiger partial charge in [-0.05, 0) is 30.7 Å². The number of imidazole rings is 1. The molecule has 2 unspecified atom stereocenters. The van der Waals surface area contributed by atoms with E-state index >= 15 is 0 Å². The highest BCUT2D eigenvalue weighted by Gasteiger charge is 2.32. The molecule has 0 bridgehead atoms. The molecule has 33 heavy (non-hydrogen) atoms. The normalized spacial score (nSPS) is 17.1. The predicted molar refractivity (Wildman–Crippen MR) is 120 cm³/mol. The fourth-order valence-electron chi connectivity index (χ4n) is 3.94. The minimum absolute atomic E-state index is 0.226. The van der Waals surface area contributed by atoms with Gasteiger partial charge in [-0.15, -0.1) is 0 Å². The third kappa shape index (κ3) is 3.86. The Morgan fingerprint density at radius 1 is 0.939 bits per heavy atom. The molecule has 0 amide bonds. The van der Waals surface area contributed by atoms with Gasteiger partial charge in [0.25, 0.3) is 0 Å². The summed E-state index contributed by atoms with van der Waals surface area (Å²) in [5, 5.41) is 0. The summed E-state index contributed by atoms with van der Waals surface area (Å²) in [6, 6.07) is 9.50. The highest BCUT2D eigenvalue weighted by molar-refractivity contribution is 5.72. The molecular weight excluding hydrogens is 424 g/mol. The van der Waals surface area contributed by atoms with Gasteiger partial charge in [-0.2, -0.15) is 0 Å². The topological polar surface area (TPSA) is 89.8 Å². The Labute approximate surface area is 190 Å². The van der Waals surface area contributed by atoms with Crippen molar-refractivity contribution in [3.05, 3.63) is 60.2 Å². The fraction of sp³-hybridized carbons (Fsp3) is 0.292. The van der Waals surface area contributed by atoms with E-state index in [9.17, 15) is 0 Å². The van der Waals surface area contributed by atoms with Crippen LogP contribution < -0.4 is 23.7 Å². The second-order valence-electron chi connectivity index (χ2n) is 7.71. The van der Waals surface area contributed by atoms with E-state index in [1.807, 2.05) is 35.8 Å². The van der Waals surface area contributed by atoms with Crippen molar-refractivity contribution in [2.45, 2.75) is 25.7 Å². The number of pyridine rings is 2. The van der Waals surface area contributed by atoms with E-state index in [2.05, 4.69) is 15.0 Å². The van der Waals surface area contributed by atoms with Crippen LogP contribution in [0, 0.1) is 0 Å². The number of benzene rings is 1. The lowest BCUT2D eigenvalue weighted by Crippen LogP contribution is -2.31. The number of ether oxygens (including phenoxy) is 5. The van der Waals surface area contributed by atoms with Gasteiger partial charge in [0.15, 0.2) is 23.3 Å². The molecule has 9 nitrogen and oxygen atoms in total. The minimum atomic E-state index is -0.326. The van der Waals surface area contributed by atoms with E-state index in [4.69, 9.17) is 23.7 Å². The summed E-state index contributed by atoms with van der Waals surface area (Å²) < 4.78 is 30.6. The smallest absolute Gasteiger partial charge is 0.212 e. The Kier molecular flexibility index (Phi) is 5.37. The first kappa shape index (κ1) is 20.9. The summed E-state index contributed by atoms with van der Waals surface area (Å²) in [5.74, 6) is 3.02. The van der Waals surface area contributed by atoms with Gasteiger partial charge in [-0.1, -0.05) is 0 Å². The van der Waals surface area contributed by atoms with Gasteiger partial charge in [-0.3, -0.25) is 0 Å². The number of aromatic nitrogens is 4. The molecule has 1 aliphatic heterocycles. The first-order valence-electron chi connectivity index (χ1n) is 10.5. The first-order valence-corrected chi connectivity index (χ1v) is 10.5. The van der Waals surface area contributed by atoms with Crippen LogP contribution in [0.15, 0.2) is 49.1 Å². The molecule has 0 saturated heterocycles. The van der Waals surface area contributed by atoms with Crippen LogP contribution in [0.2, 0.25) is 0 Å². The van der Waals surface area contributed by atoms with Gasteiger partial charge < -0.3 is 28.3 Å². The second-order valence-corrected chi connectivity index (χ2v) is 7.71. The molecule has 1 aromatic carbocycles. The number of fused-ring (bicyclic) bond motifs is 2. The van der Waals surface area contributed by atoms with E-state index in [1.54, 1.807) is 46.1 Å². The van der Waals surface area contributed by atoms with Crippen LogP contribution in [-0.4, -0.2) is 47.0 Å². The molecule has 9 heteroatoms. The van der Waals surface area contributed by atoms with Gasteiger partial charge >= 0.3 is 0 Å². The average Bonchev–Trinajstić information content (AvgIpc) is 3.24. The summed E-state index contributed by atoms with van der Waals surface area (Å²) in [4.78, 5) is 13.2. The number of hydrogen-bond donors (Lipinski definition) is 0. The highest BCUT2D eigenvalue weighted by Crippen LogP contribution is 2.46. The van der Waals surface area contributed by atoms with Crippen LogP contribution in [0.5, 0.6) is 28.9 Å². The number of rotatable bonds is 6. The van der Waals surface area contributed by atoms with Crippen molar-refractivity contribution in [2.24, 2.45) is 0 Å². The Morgan fingerprint density at radius 2 is 1.82 bits per heavy atom. The maximum absolute atomic E-state index is 6.34. The monoisotopic (exact) mass is 448 g/mol. The molecule has 3 aromatic heterocycles. The zero-order valence-corrected chi connectivity index (χ0v) is 18.8. The van der Waals surface area contributed by atoms with Crippen LogP contribution in [0.1, 0.15) is 24.2 Å². The molecule has 0 saturated carbocycles. The molecule has 0 aliphatic carbocycles. The van der Waals surface area contributed by atoms with Gasteiger partial charge in [0.2, 0.25) is 11.6 Å². The van der Waals surface area contributed by atoms with Crippen molar-refractivity contribution < 1.29 is 23.7 Å². The third-order valence-corrected chi connectivity index (χ3v) is 5.60. The van der Waals surface area contributed by atoms with Crippen molar-refractivity contribution in [1.29, 1.82) is 0 Å². The van der Waals surface area contributed by atoms with Crippen LogP contribution >= 0.6 is 0 Å². The summed E-state index contributed by atoms with van der Waals surface area (Å²) in [6.07, 6.45) is 4.63. The van der Waals surface area contributed by atoms with Crippen LogP contribution in [0.25, 0.3) is 11.2 Å². The Morgan fingerprint density at radius 3 is 2.55 bits per heavy atom. The molecule has 4 heterocycles. The lowest BCUT2D eigenvalue weighted by atomic mass is 10.0. The highest BCUT2D eigenvalue weighted by atomic mass is 16.6. The van der Waals surface area contributed by atoms with Crippen molar-refractivity contribution in [3.63, 3.8) is 0 Å². The molecule has 4 aromatic rings. The Hall–Kier alpha value is -4.01. The zero-order chi connectivity index (χ0) is 22.9. The quantitative estimate of drug-likeness (QED) is 0.440. The van der Waals surface area contributed by atoms with Crippen LogP contribution in [0.4, 0.5) is 0 Å². The number of hydrogen-bond acceptors (Lipinski definition) is 8. The number of nitrogens with zero attached hydrogens (tertiary/aromatic N) is 4. The van der Waals surface area contributed by atoms with Gasteiger partial charge in [0.05, 0.1) is 40.4 Å². The van der Waals surface area contributed by atoms with E-state index < -0.39 is 0 Å². The number of methoxy groups -OCH3 is 3. The van der Waals surface area contributed by atoms with Gasteiger partial charge in [-0.25, -0.2) is 15.0 Å². The van der Waals surface area contributed by atoms with E-state index in [1.165, 1.54) is 0 Å². The predicted octanol–water partition coefficient (Wildman–Crippen LogP) is 3.80. The molecule has 0 N–H and O–H groups in total. The van der Waals surface area contributed by atoms with Gasteiger partial charge in [0, 0.05) is 23.9 Å². The van der Waals surface area contributed by atoms with Crippen LogP contribution in [0.3, 0.4) is 0 Å². The fourth-order valence-corrected chi connectivity index (χ4v) is 3.94. The molecule has 0 fully saturated rings. The molecular formula is C24H24N4O5. The van der Waals surface area contributed by atoms with E-state index in [0.29, 0.717) is 35.4 Å². The van der Waals surface area contributed by atoms with Crippen molar-refractivity contribution in [2.75, 3.05) is 21.3 Å². The largest absolute Gasteiger partial charge is 0.495 e. The molecule has 170 valence electrons. The zero-order valence-electron chi connectivity index (χ0n) is 18.8. The lowest BCUT2D eigenvalue weighted by Gasteiger charge is -2.33. The van der Waals surface area contributed by atoms with Crippen molar-refractivity contribution in [1.82, 2.24) is 19.5 Å². The van der Waals surface area contributed by atoms with Crippen LogP contribution in [-0.2, 0) is 6.54 Å². The summed E-state index contributed by atoms with van der Waals surface area (Å²) in [7, 11) is 4.81. The summed E-state index contributed by atoms with van der Waals surface area (Å²) >= 11 is 0. The summed E-state index contributed by atoms with van der Waals surface area (Å²) in [5.41, 5.74) is 3.41.